The molecule has 22 heavy (non-hydrogen) atoms. The molecule has 0 saturated heterocycles. The minimum atomic E-state index is -1.05. The topological polar surface area (TPSA) is 107 Å². The summed E-state index contributed by atoms with van der Waals surface area (Å²) in [6.45, 7) is 3.28. The van der Waals surface area contributed by atoms with Gasteiger partial charge in [0.2, 0.25) is 10.5 Å². The van der Waals surface area contributed by atoms with Crippen molar-refractivity contribution in [1.82, 2.24) is 20.2 Å². The number of amides is 1. The second-order valence-corrected chi connectivity index (χ2v) is 5.70. The van der Waals surface area contributed by atoms with Gasteiger partial charge in [0.25, 0.3) is 5.91 Å². The van der Waals surface area contributed by atoms with Gasteiger partial charge in [-0.2, -0.15) is 5.21 Å². The molecule has 1 aliphatic heterocycles. The third kappa shape index (κ3) is 1.90. The van der Waals surface area contributed by atoms with Crippen LogP contribution in [-0.4, -0.2) is 41.9 Å². The number of aliphatic hydroxyl groups excluding tert-OH is 2. The van der Waals surface area contributed by atoms with E-state index in [0.29, 0.717) is 11.4 Å². The highest BCUT2D eigenvalue weighted by molar-refractivity contribution is 7.71. The van der Waals surface area contributed by atoms with Crippen molar-refractivity contribution < 1.29 is 15.0 Å². The number of benzene rings is 1. The third-order valence-corrected chi connectivity index (χ3v) is 3.85. The predicted molar refractivity (Wildman–Crippen MR) is 80.4 cm³/mol. The maximum Gasteiger partial charge on any atom is 0.297 e. The van der Waals surface area contributed by atoms with Gasteiger partial charge < -0.3 is 10.2 Å². The molecule has 0 bridgehead atoms. The standard InChI is InChI=1S/C13H13N5O3S/c1-13(2)10(20)9(19)11(21)17(13)7-4-3-5-8(6-7)18-12(22)14-15-16-18/h3-6,19-20H,1-2H3,(H,14,16,22). The average Bonchev–Trinajstić information content (AvgIpc) is 2.97. The highest BCUT2D eigenvalue weighted by Gasteiger charge is 2.47. The van der Waals surface area contributed by atoms with Crippen LogP contribution in [0.25, 0.3) is 5.69 Å². The Morgan fingerprint density at radius 1 is 1.27 bits per heavy atom. The van der Waals surface area contributed by atoms with Gasteiger partial charge in [-0.1, -0.05) is 16.4 Å². The van der Waals surface area contributed by atoms with E-state index in [-0.39, 0.29) is 10.5 Å². The predicted octanol–water partition coefficient (Wildman–Crippen LogP) is 1.78. The number of rotatable bonds is 2. The monoisotopic (exact) mass is 319 g/mol. The minimum absolute atomic E-state index is 0.243. The molecule has 8 nitrogen and oxygen atoms in total. The lowest BCUT2D eigenvalue weighted by Crippen LogP contribution is -2.44. The summed E-state index contributed by atoms with van der Waals surface area (Å²) in [6.07, 6.45) is 0. The minimum Gasteiger partial charge on any atom is -0.506 e. The fraction of sp³-hybridized carbons (Fsp3) is 0.231. The smallest absolute Gasteiger partial charge is 0.297 e. The van der Waals surface area contributed by atoms with Crippen molar-refractivity contribution in [2.75, 3.05) is 4.90 Å². The number of nitrogens with zero attached hydrogens (tertiary/aromatic N) is 4. The number of tetrazole rings is 1. The fourth-order valence-electron chi connectivity index (χ4n) is 2.43. The van der Waals surface area contributed by atoms with E-state index < -0.39 is 17.2 Å². The number of carbonyl (C=O) groups is 1. The van der Waals surface area contributed by atoms with Crippen LogP contribution in [0, 0.1) is 4.77 Å². The van der Waals surface area contributed by atoms with Crippen molar-refractivity contribution in [2.24, 2.45) is 0 Å². The molecule has 1 aromatic carbocycles. The highest BCUT2D eigenvalue weighted by Crippen LogP contribution is 2.37. The van der Waals surface area contributed by atoms with Crippen LogP contribution in [0.3, 0.4) is 0 Å². The molecule has 0 spiro atoms. The largest absolute Gasteiger partial charge is 0.506 e. The Bertz CT molecular complexity index is 851. The van der Waals surface area contributed by atoms with Gasteiger partial charge in [0.15, 0.2) is 5.76 Å². The van der Waals surface area contributed by atoms with E-state index in [2.05, 4.69) is 15.5 Å². The summed E-state index contributed by atoms with van der Waals surface area (Å²) in [5.74, 6) is -1.66. The second kappa shape index (κ2) is 4.67. The molecule has 3 N–H and O–H groups in total. The number of hydrogen-bond acceptors (Lipinski definition) is 6. The van der Waals surface area contributed by atoms with Crippen LogP contribution in [0.15, 0.2) is 35.8 Å². The lowest BCUT2D eigenvalue weighted by molar-refractivity contribution is -0.117. The van der Waals surface area contributed by atoms with Gasteiger partial charge in [0, 0.05) is 5.69 Å². The van der Waals surface area contributed by atoms with Crippen LogP contribution < -0.4 is 4.90 Å². The zero-order valence-corrected chi connectivity index (χ0v) is 12.6. The quantitative estimate of drug-likeness (QED) is 0.728. The molecule has 0 unspecified atom stereocenters. The summed E-state index contributed by atoms with van der Waals surface area (Å²) < 4.78 is 1.72. The Hall–Kier alpha value is -2.68. The Morgan fingerprint density at radius 3 is 2.50 bits per heavy atom. The molecule has 1 aliphatic rings. The van der Waals surface area contributed by atoms with Crippen molar-refractivity contribution in [3.63, 3.8) is 0 Å². The van der Waals surface area contributed by atoms with Crippen molar-refractivity contribution in [3.8, 4) is 5.69 Å². The third-order valence-electron chi connectivity index (χ3n) is 3.59. The first-order chi connectivity index (χ1) is 10.3. The summed E-state index contributed by atoms with van der Waals surface area (Å²) in [4.78, 5) is 13.5. The summed E-state index contributed by atoms with van der Waals surface area (Å²) in [7, 11) is 0. The normalized spacial score (nSPS) is 17.4. The molecule has 3 rings (SSSR count). The van der Waals surface area contributed by atoms with Crippen molar-refractivity contribution in [2.45, 2.75) is 19.4 Å². The van der Waals surface area contributed by atoms with Gasteiger partial charge >= 0.3 is 0 Å². The molecule has 0 atom stereocenters. The SMILES string of the molecule is CC1(C)C(O)=C(O)C(=O)N1c1cccc(-n2[nH]nnc2=S)c1. The summed E-state index contributed by atoms with van der Waals surface area (Å²) in [6, 6.07) is 6.87. The van der Waals surface area contributed by atoms with E-state index in [1.165, 1.54) is 9.58 Å². The van der Waals surface area contributed by atoms with Gasteiger partial charge in [-0.05, 0) is 44.3 Å². The number of H-pyrrole nitrogens is 1. The highest BCUT2D eigenvalue weighted by atomic mass is 32.1. The van der Waals surface area contributed by atoms with Crippen LogP contribution in [-0.2, 0) is 4.79 Å². The van der Waals surface area contributed by atoms with Crippen molar-refractivity contribution >= 4 is 23.8 Å². The van der Waals surface area contributed by atoms with E-state index in [0.717, 1.165) is 0 Å². The molecule has 0 aliphatic carbocycles. The molecule has 9 heteroatoms. The Morgan fingerprint density at radius 2 is 1.95 bits per heavy atom. The molecule has 114 valence electrons. The maximum absolute atomic E-state index is 12.2. The molecule has 0 fully saturated rings. The van der Waals surface area contributed by atoms with Gasteiger partial charge in [-0.25, -0.2) is 4.68 Å². The number of aromatic nitrogens is 4. The van der Waals surface area contributed by atoms with Crippen LogP contribution in [0.4, 0.5) is 5.69 Å². The molecule has 1 aromatic heterocycles. The van der Waals surface area contributed by atoms with Crippen molar-refractivity contribution in [1.29, 1.82) is 0 Å². The Kier molecular flexibility index (Phi) is 3.03. The Labute approximate surface area is 130 Å². The van der Waals surface area contributed by atoms with E-state index in [1.54, 1.807) is 38.1 Å². The molecule has 0 radical (unpaired) electrons. The van der Waals surface area contributed by atoms with E-state index >= 15 is 0 Å². The summed E-state index contributed by atoms with van der Waals surface area (Å²) in [5, 5.41) is 29.6. The average molecular weight is 319 g/mol. The number of hydrogen-bond donors (Lipinski definition) is 3. The van der Waals surface area contributed by atoms with Gasteiger partial charge in [-0.15, -0.1) is 0 Å². The van der Waals surface area contributed by atoms with Gasteiger partial charge in [0.05, 0.1) is 5.69 Å². The Balaban J connectivity index is 2.10. The molecular formula is C13H13N5O3S. The molecular weight excluding hydrogens is 306 g/mol. The molecule has 1 amide bonds. The number of aromatic amines is 1. The lowest BCUT2D eigenvalue weighted by Gasteiger charge is -2.31. The maximum atomic E-state index is 12.2. The number of aliphatic hydroxyl groups is 2. The van der Waals surface area contributed by atoms with Crippen LogP contribution in [0.5, 0.6) is 0 Å². The lowest BCUT2D eigenvalue weighted by atomic mass is 10.0. The first kappa shape index (κ1) is 14.3. The number of carbonyl (C=O) groups excluding carboxylic acids is 1. The van der Waals surface area contributed by atoms with Crippen molar-refractivity contribution in [3.05, 3.63) is 40.6 Å². The van der Waals surface area contributed by atoms with Gasteiger partial charge in [-0.3, -0.25) is 9.69 Å². The summed E-state index contributed by atoms with van der Waals surface area (Å²) in [5.41, 5.74) is 0.0783. The first-order valence-corrected chi connectivity index (χ1v) is 6.82. The van der Waals surface area contributed by atoms with Crippen LogP contribution in [0.2, 0.25) is 0 Å². The first-order valence-electron chi connectivity index (χ1n) is 6.42. The van der Waals surface area contributed by atoms with Crippen LogP contribution >= 0.6 is 12.2 Å². The molecule has 2 aromatic rings. The van der Waals surface area contributed by atoms with Gasteiger partial charge in [0.1, 0.15) is 5.54 Å². The van der Waals surface area contributed by atoms with E-state index in [9.17, 15) is 15.0 Å². The second-order valence-electron chi connectivity index (χ2n) is 5.33. The number of anilines is 1. The molecule has 0 saturated carbocycles. The zero-order valence-electron chi connectivity index (χ0n) is 11.8. The summed E-state index contributed by atoms with van der Waals surface area (Å²) >= 11 is 5.04. The van der Waals surface area contributed by atoms with E-state index in [1.807, 2.05) is 0 Å². The zero-order chi connectivity index (χ0) is 16.1. The van der Waals surface area contributed by atoms with Crippen LogP contribution in [0.1, 0.15) is 13.8 Å². The van der Waals surface area contributed by atoms with E-state index in [4.69, 9.17) is 12.2 Å². The molecule has 2 heterocycles. The fourth-order valence-corrected chi connectivity index (χ4v) is 2.62. The number of nitrogens with one attached hydrogen (secondary N) is 1.